The van der Waals surface area contributed by atoms with Gasteiger partial charge in [0.1, 0.15) is 5.84 Å². The van der Waals surface area contributed by atoms with E-state index in [0.29, 0.717) is 0 Å². The van der Waals surface area contributed by atoms with Gasteiger partial charge in [-0.1, -0.05) is 0 Å². The van der Waals surface area contributed by atoms with E-state index in [1.165, 1.54) is 12.3 Å². The third-order valence-corrected chi connectivity index (χ3v) is 1.33. The van der Waals surface area contributed by atoms with Crippen molar-refractivity contribution in [2.24, 2.45) is 11.5 Å². The molecule has 0 aromatic carbocycles. The smallest absolute Gasteiger partial charge is 0.320 e. The molecule has 0 spiro atoms. The molecule has 0 bridgehead atoms. The van der Waals surface area contributed by atoms with Gasteiger partial charge in [0.2, 0.25) is 0 Å². The Morgan fingerprint density at radius 3 is 2.73 bits per heavy atom. The number of hydrogen-bond donors (Lipinski definition) is 5. The highest BCUT2D eigenvalue weighted by Crippen LogP contribution is 1.99. The summed E-state index contributed by atoms with van der Waals surface area (Å²) in [6.45, 7) is 0. The van der Waals surface area contributed by atoms with Crippen LogP contribution >= 0.6 is 0 Å². The zero-order valence-electron chi connectivity index (χ0n) is 5.72. The van der Waals surface area contributed by atoms with Crippen LogP contribution in [0, 0.1) is 5.41 Å². The maximum Gasteiger partial charge on any atom is 0.320 e. The molecule has 0 saturated heterocycles. The van der Waals surface area contributed by atoms with Crippen molar-refractivity contribution in [3.63, 3.8) is 0 Å². The number of hydrogen-bond acceptors (Lipinski definition) is 3. The summed E-state index contributed by atoms with van der Waals surface area (Å²) in [5.41, 5.74) is 9.28. The van der Waals surface area contributed by atoms with Gasteiger partial charge in [0.15, 0.2) is 5.66 Å². The van der Waals surface area contributed by atoms with Gasteiger partial charge in [-0.2, -0.15) is 0 Å². The second-order valence-corrected chi connectivity index (χ2v) is 2.21. The highest BCUT2D eigenvalue weighted by molar-refractivity contribution is 5.94. The number of rotatable bonds is 1. The van der Waals surface area contributed by atoms with Crippen LogP contribution in [-0.2, 0) is 0 Å². The summed E-state index contributed by atoms with van der Waals surface area (Å²) in [5, 5.41) is 11.6. The van der Waals surface area contributed by atoms with Crippen LogP contribution < -0.4 is 22.1 Å². The second kappa shape index (κ2) is 2.24. The Morgan fingerprint density at radius 2 is 2.36 bits per heavy atom. The lowest BCUT2D eigenvalue weighted by Crippen LogP contribution is -2.65. The van der Waals surface area contributed by atoms with E-state index in [4.69, 9.17) is 16.9 Å². The summed E-state index contributed by atoms with van der Waals surface area (Å²) < 4.78 is 0. The van der Waals surface area contributed by atoms with Crippen LogP contribution in [0.5, 0.6) is 0 Å². The maximum absolute atomic E-state index is 10.7. The highest BCUT2D eigenvalue weighted by atomic mass is 16.2. The lowest BCUT2D eigenvalue weighted by Gasteiger charge is -2.28. The van der Waals surface area contributed by atoms with Crippen molar-refractivity contribution in [3.8, 4) is 0 Å². The van der Waals surface area contributed by atoms with E-state index >= 15 is 0 Å². The van der Waals surface area contributed by atoms with Crippen LogP contribution in [0.2, 0.25) is 0 Å². The van der Waals surface area contributed by atoms with Gasteiger partial charge in [-0.05, 0) is 6.08 Å². The molecule has 0 aromatic heterocycles. The quantitative estimate of drug-likeness (QED) is 0.232. The molecule has 0 fully saturated rings. The number of amidine groups is 1. The second-order valence-electron chi connectivity index (χ2n) is 2.21. The summed E-state index contributed by atoms with van der Waals surface area (Å²) in [4.78, 5) is 10.7. The van der Waals surface area contributed by atoms with Crippen LogP contribution in [0.25, 0.3) is 0 Å². The molecule has 6 heteroatoms. The molecule has 60 valence electrons. The Kier molecular flexibility index (Phi) is 1.54. The molecular formula is C5H9N5O. The van der Waals surface area contributed by atoms with Crippen molar-refractivity contribution in [2.75, 3.05) is 0 Å². The van der Waals surface area contributed by atoms with Gasteiger partial charge < -0.3 is 16.4 Å². The van der Waals surface area contributed by atoms with Crippen molar-refractivity contribution in [1.29, 1.82) is 5.41 Å². The van der Waals surface area contributed by atoms with Crippen molar-refractivity contribution in [3.05, 3.63) is 12.3 Å². The van der Waals surface area contributed by atoms with E-state index in [1.807, 2.05) is 0 Å². The number of urea groups is 1. The Hall–Kier alpha value is -1.56. The zero-order chi connectivity index (χ0) is 8.48. The Labute approximate surface area is 63.1 Å². The number of carbonyl (C=O) groups is 1. The monoisotopic (exact) mass is 155 g/mol. The van der Waals surface area contributed by atoms with Crippen molar-refractivity contribution in [1.82, 2.24) is 10.6 Å². The molecule has 7 N–H and O–H groups in total. The minimum Gasteiger partial charge on any atom is -0.384 e. The summed E-state index contributed by atoms with van der Waals surface area (Å²) >= 11 is 0. The van der Waals surface area contributed by atoms with Gasteiger partial charge in [0.25, 0.3) is 0 Å². The van der Waals surface area contributed by atoms with Crippen LogP contribution in [0.3, 0.4) is 0 Å². The van der Waals surface area contributed by atoms with E-state index in [1.54, 1.807) is 0 Å². The minimum atomic E-state index is -1.33. The average molecular weight is 155 g/mol. The van der Waals surface area contributed by atoms with E-state index < -0.39 is 11.7 Å². The molecule has 1 aliphatic rings. The molecule has 11 heavy (non-hydrogen) atoms. The fourth-order valence-electron chi connectivity index (χ4n) is 0.672. The van der Waals surface area contributed by atoms with Gasteiger partial charge in [0, 0.05) is 6.20 Å². The lowest BCUT2D eigenvalue weighted by molar-refractivity contribution is 0.238. The first-order valence-electron chi connectivity index (χ1n) is 2.94. The predicted molar refractivity (Wildman–Crippen MR) is 39.6 cm³/mol. The van der Waals surface area contributed by atoms with Crippen molar-refractivity contribution in [2.45, 2.75) is 5.66 Å². The first kappa shape index (κ1) is 7.55. The third kappa shape index (κ3) is 1.30. The molecule has 6 nitrogen and oxygen atoms in total. The molecular weight excluding hydrogens is 146 g/mol. The molecule has 1 aliphatic heterocycles. The molecule has 1 heterocycles. The van der Waals surface area contributed by atoms with Gasteiger partial charge in [-0.15, -0.1) is 0 Å². The largest absolute Gasteiger partial charge is 0.384 e. The van der Waals surface area contributed by atoms with E-state index in [9.17, 15) is 4.79 Å². The zero-order valence-corrected chi connectivity index (χ0v) is 5.72. The Bertz CT molecular complexity index is 235. The van der Waals surface area contributed by atoms with Gasteiger partial charge in [-0.3, -0.25) is 11.1 Å². The summed E-state index contributed by atoms with van der Waals surface area (Å²) in [7, 11) is 0. The lowest BCUT2D eigenvalue weighted by atomic mass is 10.1. The van der Waals surface area contributed by atoms with Gasteiger partial charge >= 0.3 is 6.03 Å². The first-order chi connectivity index (χ1) is 5.04. The summed E-state index contributed by atoms with van der Waals surface area (Å²) in [6.07, 6.45) is 2.75. The van der Waals surface area contributed by atoms with Crippen LogP contribution in [0.4, 0.5) is 4.79 Å². The maximum atomic E-state index is 10.7. The van der Waals surface area contributed by atoms with Crippen LogP contribution in [0.15, 0.2) is 12.3 Å². The fourth-order valence-corrected chi connectivity index (χ4v) is 0.672. The first-order valence-corrected chi connectivity index (χ1v) is 2.94. The van der Waals surface area contributed by atoms with E-state index in [0.717, 1.165) is 0 Å². The fraction of sp³-hybridized carbons (Fsp3) is 0.200. The SMILES string of the molecule is N=C(N)C1(N)C=CNC(=O)N1. The Morgan fingerprint density at radius 1 is 1.73 bits per heavy atom. The third-order valence-electron chi connectivity index (χ3n) is 1.33. The van der Waals surface area contributed by atoms with E-state index in [2.05, 4.69) is 10.6 Å². The highest BCUT2D eigenvalue weighted by Gasteiger charge is 2.29. The predicted octanol–water partition coefficient (Wildman–Crippen LogP) is -1.60. The normalized spacial score (nSPS) is 29.0. The molecule has 0 radical (unpaired) electrons. The van der Waals surface area contributed by atoms with Crippen LogP contribution in [-0.4, -0.2) is 17.5 Å². The standard InChI is InChI=1S/C5H9N5O/c6-3(7)5(8)1-2-9-4(11)10-5/h1-2H,8H2,(H3,6,7)(H2,9,10,11). The molecule has 0 aromatic rings. The average Bonchev–Trinajstić information content (AvgIpc) is 1.86. The van der Waals surface area contributed by atoms with Crippen LogP contribution in [0.1, 0.15) is 0 Å². The number of nitrogens with two attached hydrogens (primary N) is 2. The van der Waals surface area contributed by atoms with Crippen molar-refractivity contribution >= 4 is 11.9 Å². The van der Waals surface area contributed by atoms with Gasteiger partial charge in [-0.25, -0.2) is 4.79 Å². The van der Waals surface area contributed by atoms with Gasteiger partial charge in [0.05, 0.1) is 0 Å². The Balaban J connectivity index is 2.87. The molecule has 2 amide bonds. The number of carbonyl (C=O) groups excluding carboxylic acids is 1. The molecule has 1 rings (SSSR count). The van der Waals surface area contributed by atoms with Crippen molar-refractivity contribution < 1.29 is 4.79 Å². The molecule has 1 unspecified atom stereocenters. The summed E-state index contributed by atoms with van der Waals surface area (Å²) in [5.74, 6) is -0.302. The summed E-state index contributed by atoms with van der Waals surface area (Å²) in [6, 6.07) is -0.467. The van der Waals surface area contributed by atoms with E-state index in [-0.39, 0.29) is 5.84 Å². The number of nitrogens with one attached hydrogen (secondary N) is 3. The molecule has 1 atom stereocenters. The topological polar surface area (TPSA) is 117 Å². The number of amides is 2. The molecule has 0 saturated carbocycles. The molecule has 0 aliphatic carbocycles. The minimum absolute atomic E-state index is 0.302.